The number of nitrogens with zero attached hydrogens (tertiary/aromatic N) is 4. The van der Waals surface area contributed by atoms with E-state index in [2.05, 4.69) is 34.8 Å². The van der Waals surface area contributed by atoms with Crippen LogP contribution in [0.5, 0.6) is 0 Å². The fourth-order valence-electron chi connectivity index (χ4n) is 3.30. The fraction of sp³-hybridized carbons (Fsp3) is 0.476. The third-order valence-corrected chi connectivity index (χ3v) is 4.80. The maximum Gasteiger partial charge on any atom is 0.225 e. The Balaban J connectivity index is 0.00000300. The standard InChI is InChI=1S/C21H30N6O.HI/c1-4-22-21(25-18-10-13-26(15-18)20(28)16(2)3)23-14-17-6-8-19(9-7-17)27-12-5-11-24-27;/h5-9,11-12,16,18H,4,10,13-15H2,1-3H3,(H2,22,23,25);1H. The van der Waals surface area contributed by atoms with Gasteiger partial charge in [0.1, 0.15) is 0 Å². The number of guanidine groups is 1. The average molecular weight is 510 g/mol. The van der Waals surface area contributed by atoms with E-state index in [0.717, 1.165) is 43.3 Å². The third-order valence-electron chi connectivity index (χ3n) is 4.80. The Morgan fingerprint density at radius 1 is 1.31 bits per heavy atom. The van der Waals surface area contributed by atoms with Crippen LogP contribution in [-0.2, 0) is 11.3 Å². The van der Waals surface area contributed by atoms with Crippen LogP contribution in [0.2, 0.25) is 0 Å². The summed E-state index contributed by atoms with van der Waals surface area (Å²) in [5.41, 5.74) is 2.17. The second kappa shape index (κ2) is 11.2. The molecule has 0 spiro atoms. The zero-order valence-corrected chi connectivity index (χ0v) is 19.7. The highest BCUT2D eigenvalue weighted by atomic mass is 127. The predicted molar refractivity (Wildman–Crippen MR) is 127 cm³/mol. The van der Waals surface area contributed by atoms with Gasteiger partial charge in [0.25, 0.3) is 0 Å². The maximum absolute atomic E-state index is 12.2. The molecule has 1 aromatic carbocycles. The molecule has 7 nitrogen and oxygen atoms in total. The Morgan fingerprint density at radius 3 is 2.69 bits per heavy atom. The van der Waals surface area contributed by atoms with Crippen molar-refractivity contribution in [3.8, 4) is 5.69 Å². The first kappa shape index (κ1) is 23.2. The first-order valence-electron chi connectivity index (χ1n) is 9.99. The number of halogens is 1. The molecule has 0 saturated carbocycles. The highest BCUT2D eigenvalue weighted by molar-refractivity contribution is 14.0. The van der Waals surface area contributed by atoms with Crippen molar-refractivity contribution >= 4 is 35.8 Å². The number of aromatic nitrogens is 2. The molecule has 1 aliphatic rings. The van der Waals surface area contributed by atoms with Crippen molar-refractivity contribution in [3.63, 3.8) is 0 Å². The molecule has 1 saturated heterocycles. The topological polar surface area (TPSA) is 74.6 Å². The summed E-state index contributed by atoms with van der Waals surface area (Å²) in [4.78, 5) is 18.8. The molecule has 1 fully saturated rings. The van der Waals surface area contributed by atoms with E-state index in [4.69, 9.17) is 4.99 Å². The summed E-state index contributed by atoms with van der Waals surface area (Å²) >= 11 is 0. The molecule has 0 bridgehead atoms. The molecule has 0 radical (unpaired) electrons. The van der Waals surface area contributed by atoms with E-state index in [1.807, 2.05) is 47.8 Å². The lowest BCUT2D eigenvalue weighted by molar-refractivity contribution is -0.133. The van der Waals surface area contributed by atoms with Gasteiger partial charge in [0.15, 0.2) is 5.96 Å². The maximum atomic E-state index is 12.2. The number of hydrogen-bond donors (Lipinski definition) is 2. The molecular formula is C21H31IN6O. The lowest BCUT2D eigenvalue weighted by Gasteiger charge is -2.20. The van der Waals surface area contributed by atoms with Crippen LogP contribution in [0.3, 0.4) is 0 Å². The molecule has 2 aromatic rings. The number of aliphatic imine (C=N–C) groups is 1. The summed E-state index contributed by atoms with van der Waals surface area (Å²) in [6.45, 7) is 8.89. The van der Waals surface area contributed by atoms with Crippen LogP contribution in [0.4, 0.5) is 0 Å². The Hall–Kier alpha value is -2.10. The van der Waals surface area contributed by atoms with Crippen molar-refractivity contribution in [1.29, 1.82) is 0 Å². The van der Waals surface area contributed by atoms with Crippen LogP contribution in [0.15, 0.2) is 47.7 Å². The van der Waals surface area contributed by atoms with Gasteiger partial charge in [0.2, 0.25) is 5.91 Å². The summed E-state index contributed by atoms with van der Waals surface area (Å²) in [6.07, 6.45) is 4.64. The van der Waals surface area contributed by atoms with Gasteiger partial charge in [-0.1, -0.05) is 26.0 Å². The number of hydrogen-bond acceptors (Lipinski definition) is 3. The van der Waals surface area contributed by atoms with E-state index >= 15 is 0 Å². The molecule has 1 unspecified atom stereocenters. The quantitative estimate of drug-likeness (QED) is 0.356. The molecule has 29 heavy (non-hydrogen) atoms. The van der Waals surface area contributed by atoms with Crippen molar-refractivity contribution < 1.29 is 4.79 Å². The minimum atomic E-state index is 0. The highest BCUT2D eigenvalue weighted by Crippen LogP contribution is 2.13. The Labute approximate surface area is 190 Å². The van der Waals surface area contributed by atoms with Gasteiger partial charge in [-0.05, 0) is 37.1 Å². The van der Waals surface area contributed by atoms with E-state index in [9.17, 15) is 4.79 Å². The number of nitrogens with one attached hydrogen (secondary N) is 2. The number of carbonyl (C=O) groups is 1. The van der Waals surface area contributed by atoms with Crippen molar-refractivity contribution in [1.82, 2.24) is 25.3 Å². The van der Waals surface area contributed by atoms with Crippen LogP contribution >= 0.6 is 24.0 Å². The normalized spacial score (nSPS) is 16.6. The zero-order valence-electron chi connectivity index (χ0n) is 17.3. The van der Waals surface area contributed by atoms with Gasteiger partial charge in [0, 0.05) is 44.0 Å². The first-order chi connectivity index (χ1) is 13.6. The summed E-state index contributed by atoms with van der Waals surface area (Å²) in [5, 5.41) is 11.0. The average Bonchev–Trinajstić information content (AvgIpc) is 3.38. The molecule has 2 heterocycles. The molecule has 1 amide bonds. The van der Waals surface area contributed by atoms with Gasteiger partial charge < -0.3 is 15.5 Å². The van der Waals surface area contributed by atoms with Crippen molar-refractivity contribution in [3.05, 3.63) is 48.3 Å². The second-order valence-electron chi connectivity index (χ2n) is 7.38. The van der Waals surface area contributed by atoms with E-state index in [0.29, 0.717) is 6.54 Å². The molecule has 0 aliphatic carbocycles. The zero-order chi connectivity index (χ0) is 19.9. The van der Waals surface area contributed by atoms with Gasteiger partial charge in [-0.2, -0.15) is 5.10 Å². The Bertz CT molecular complexity index is 788. The van der Waals surface area contributed by atoms with Crippen LogP contribution in [0.1, 0.15) is 32.8 Å². The number of benzene rings is 1. The predicted octanol–water partition coefficient (Wildman–Crippen LogP) is 2.80. The summed E-state index contributed by atoms with van der Waals surface area (Å²) in [7, 11) is 0. The van der Waals surface area contributed by atoms with Crippen LogP contribution in [0.25, 0.3) is 5.69 Å². The molecular weight excluding hydrogens is 479 g/mol. The van der Waals surface area contributed by atoms with Crippen molar-refractivity contribution in [2.24, 2.45) is 10.9 Å². The van der Waals surface area contributed by atoms with Gasteiger partial charge in [0.05, 0.1) is 12.2 Å². The number of carbonyl (C=O) groups excluding carboxylic acids is 1. The van der Waals surface area contributed by atoms with Gasteiger partial charge in [-0.25, -0.2) is 9.67 Å². The lowest BCUT2D eigenvalue weighted by atomic mass is 10.2. The van der Waals surface area contributed by atoms with Gasteiger partial charge in [-0.15, -0.1) is 24.0 Å². The minimum absolute atomic E-state index is 0. The SMILES string of the molecule is CCNC(=NCc1ccc(-n2cccn2)cc1)NC1CCN(C(=O)C(C)C)C1.I. The summed E-state index contributed by atoms with van der Waals surface area (Å²) in [5.74, 6) is 1.07. The smallest absolute Gasteiger partial charge is 0.225 e. The van der Waals surface area contributed by atoms with Crippen LogP contribution < -0.4 is 10.6 Å². The molecule has 158 valence electrons. The highest BCUT2D eigenvalue weighted by Gasteiger charge is 2.27. The van der Waals surface area contributed by atoms with E-state index in [-0.39, 0.29) is 41.8 Å². The van der Waals surface area contributed by atoms with Crippen molar-refractivity contribution in [2.75, 3.05) is 19.6 Å². The second-order valence-corrected chi connectivity index (χ2v) is 7.38. The van der Waals surface area contributed by atoms with E-state index in [1.54, 1.807) is 6.20 Å². The largest absolute Gasteiger partial charge is 0.357 e. The molecule has 1 aromatic heterocycles. The van der Waals surface area contributed by atoms with E-state index in [1.165, 1.54) is 0 Å². The van der Waals surface area contributed by atoms with Gasteiger partial charge >= 0.3 is 0 Å². The molecule has 1 aliphatic heterocycles. The van der Waals surface area contributed by atoms with E-state index < -0.39 is 0 Å². The lowest BCUT2D eigenvalue weighted by Crippen LogP contribution is -2.45. The third kappa shape index (κ3) is 6.45. The first-order valence-corrected chi connectivity index (χ1v) is 9.99. The Kier molecular flexibility index (Phi) is 8.94. The van der Waals surface area contributed by atoms with Crippen molar-refractivity contribution in [2.45, 2.75) is 39.8 Å². The van der Waals surface area contributed by atoms with Crippen LogP contribution in [-0.4, -0.2) is 52.2 Å². The summed E-state index contributed by atoms with van der Waals surface area (Å²) < 4.78 is 1.84. The molecule has 8 heteroatoms. The monoisotopic (exact) mass is 510 g/mol. The Morgan fingerprint density at radius 2 is 2.07 bits per heavy atom. The molecule has 3 rings (SSSR count). The molecule has 2 N–H and O–H groups in total. The summed E-state index contributed by atoms with van der Waals surface area (Å²) in [6, 6.07) is 10.4. The van der Waals surface area contributed by atoms with Gasteiger partial charge in [-0.3, -0.25) is 4.79 Å². The number of likely N-dealkylation sites (tertiary alicyclic amines) is 1. The number of amides is 1. The fourth-order valence-corrected chi connectivity index (χ4v) is 3.30. The minimum Gasteiger partial charge on any atom is -0.357 e. The molecule has 1 atom stereocenters. The number of rotatable bonds is 6. The van der Waals surface area contributed by atoms with Crippen LogP contribution in [0, 0.1) is 5.92 Å².